The van der Waals surface area contributed by atoms with Crippen molar-refractivity contribution in [1.29, 1.82) is 0 Å². The average Bonchev–Trinajstić information content (AvgIpc) is 2.69. The summed E-state index contributed by atoms with van der Waals surface area (Å²) in [5, 5.41) is 3.00. The number of piperazine rings is 1. The summed E-state index contributed by atoms with van der Waals surface area (Å²) in [7, 11) is 0. The molecule has 2 heterocycles. The van der Waals surface area contributed by atoms with E-state index in [9.17, 15) is 4.79 Å². The van der Waals surface area contributed by atoms with Crippen LogP contribution in [0.15, 0.2) is 42.7 Å². The standard InChI is InChI=1S/C19H26N6O/c20-17-5-2-1-4-16(17)6-7-18(26)21-10-11-24-12-14-25(15-13-24)19-22-8-3-9-23-19/h1-5,8-9H,6-7,10-15,20H2,(H,21,26). The molecule has 0 saturated carbocycles. The van der Waals surface area contributed by atoms with Gasteiger partial charge in [-0.1, -0.05) is 18.2 Å². The number of rotatable bonds is 7. The maximum atomic E-state index is 12.0. The minimum absolute atomic E-state index is 0.0737. The zero-order valence-electron chi connectivity index (χ0n) is 15.0. The number of amides is 1. The Morgan fingerprint density at radius 2 is 1.81 bits per heavy atom. The number of benzene rings is 1. The highest BCUT2D eigenvalue weighted by Crippen LogP contribution is 2.12. The van der Waals surface area contributed by atoms with Crippen molar-refractivity contribution in [3.8, 4) is 0 Å². The molecule has 26 heavy (non-hydrogen) atoms. The summed E-state index contributed by atoms with van der Waals surface area (Å²) in [5.41, 5.74) is 7.69. The Bertz CT molecular complexity index is 700. The van der Waals surface area contributed by atoms with Crippen molar-refractivity contribution in [2.45, 2.75) is 12.8 Å². The van der Waals surface area contributed by atoms with E-state index in [0.717, 1.165) is 49.9 Å². The number of nitrogens with one attached hydrogen (secondary N) is 1. The molecule has 1 fully saturated rings. The van der Waals surface area contributed by atoms with E-state index in [4.69, 9.17) is 5.73 Å². The number of carbonyl (C=O) groups excluding carboxylic acids is 1. The largest absolute Gasteiger partial charge is 0.399 e. The first-order chi connectivity index (χ1) is 12.7. The van der Waals surface area contributed by atoms with E-state index in [1.807, 2.05) is 30.3 Å². The van der Waals surface area contributed by atoms with Gasteiger partial charge in [0.2, 0.25) is 11.9 Å². The van der Waals surface area contributed by atoms with Crippen LogP contribution in [0.5, 0.6) is 0 Å². The van der Waals surface area contributed by atoms with Crippen molar-refractivity contribution < 1.29 is 4.79 Å². The van der Waals surface area contributed by atoms with E-state index >= 15 is 0 Å². The fourth-order valence-electron chi connectivity index (χ4n) is 3.08. The van der Waals surface area contributed by atoms with Crippen molar-refractivity contribution in [3.63, 3.8) is 0 Å². The summed E-state index contributed by atoms with van der Waals surface area (Å²) < 4.78 is 0. The van der Waals surface area contributed by atoms with Crippen molar-refractivity contribution in [2.75, 3.05) is 49.9 Å². The molecular weight excluding hydrogens is 328 g/mol. The summed E-state index contributed by atoms with van der Waals surface area (Å²) >= 11 is 0. The van der Waals surface area contributed by atoms with Crippen LogP contribution in [0, 0.1) is 0 Å². The summed E-state index contributed by atoms with van der Waals surface area (Å²) in [6, 6.07) is 9.52. The van der Waals surface area contributed by atoms with E-state index in [-0.39, 0.29) is 5.91 Å². The normalized spacial score (nSPS) is 15.0. The number of nitrogens with zero attached hydrogens (tertiary/aromatic N) is 4. The molecule has 1 aliphatic rings. The third-order valence-electron chi connectivity index (χ3n) is 4.63. The van der Waals surface area contributed by atoms with Gasteiger partial charge < -0.3 is 16.0 Å². The highest BCUT2D eigenvalue weighted by atomic mass is 16.1. The van der Waals surface area contributed by atoms with Gasteiger partial charge in [-0.25, -0.2) is 9.97 Å². The quantitative estimate of drug-likeness (QED) is 0.719. The number of hydrogen-bond acceptors (Lipinski definition) is 6. The number of carbonyl (C=O) groups is 1. The van der Waals surface area contributed by atoms with Gasteiger partial charge in [-0.05, 0) is 24.1 Å². The van der Waals surface area contributed by atoms with Crippen LogP contribution in [0.2, 0.25) is 0 Å². The molecule has 0 atom stereocenters. The SMILES string of the molecule is Nc1ccccc1CCC(=O)NCCN1CCN(c2ncccn2)CC1. The number of para-hydroxylation sites is 1. The lowest BCUT2D eigenvalue weighted by Gasteiger charge is -2.34. The van der Waals surface area contributed by atoms with Gasteiger partial charge in [0, 0.05) is 63.8 Å². The lowest BCUT2D eigenvalue weighted by atomic mass is 10.1. The lowest BCUT2D eigenvalue weighted by Crippen LogP contribution is -2.49. The maximum Gasteiger partial charge on any atom is 0.225 e. The molecule has 1 amide bonds. The Kier molecular flexibility index (Phi) is 6.38. The summed E-state index contributed by atoms with van der Waals surface area (Å²) in [6.07, 6.45) is 4.68. The Balaban J connectivity index is 1.32. The average molecular weight is 354 g/mol. The second-order valence-corrected chi connectivity index (χ2v) is 6.43. The van der Waals surface area contributed by atoms with Crippen molar-refractivity contribution in [2.24, 2.45) is 0 Å². The van der Waals surface area contributed by atoms with Gasteiger partial charge in [-0.15, -0.1) is 0 Å². The molecule has 0 radical (unpaired) electrons. The van der Waals surface area contributed by atoms with Gasteiger partial charge in [-0.2, -0.15) is 0 Å². The van der Waals surface area contributed by atoms with E-state index in [1.54, 1.807) is 12.4 Å². The third-order valence-corrected chi connectivity index (χ3v) is 4.63. The van der Waals surface area contributed by atoms with Crippen LogP contribution in [0.1, 0.15) is 12.0 Å². The number of hydrogen-bond donors (Lipinski definition) is 2. The van der Waals surface area contributed by atoms with E-state index in [2.05, 4.69) is 25.1 Å². The minimum atomic E-state index is 0.0737. The monoisotopic (exact) mass is 354 g/mol. The molecule has 3 N–H and O–H groups in total. The van der Waals surface area contributed by atoms with E-state index in [1.165, 1.54) is 0 Å². The van der Waals surface area contributed by atoms with Crippen LogP contribution in [0.3, 0.4) is 0 Å². The molecule has 1 aliphatic heterocycles. The molecular formula is C19H26N6O. The van der Waals surface area contributed by atoms with Gasteiger partial charge in [0.25, 0.3) is 0 Å². The summed E-state index contributed by atoms with van der Waals surface area (Å²) in [5.74, 6) is 0.866. The van der Waals surface area contributed by atoms with Gasteiger partial charge in [0.15, 0.2) is 0 Å². The molecule has 3 rings (SSSR count). The molecule has 7 nitrogen and oxygen atoms in total. The lowest BCUT2D eigenvalue weighted by molar-refractivity contribution is -0.121. The first kappa shape index (κ1) is 18.1. The van der Waals surface area contributed by atoms with Crippen molar-refractivity contribution in [3.05, 3.63) is 48.3 Å². The van der Waals surface area contributed by atoms with Crippen LogP contribution < -0.4 is 16.0 Å². The predicted molar refractivity (Wildman–Crippen MR) is 103 cm³/mol. The number of anilines is 2. The predicted octanol–water partition coefficient (Wildman–Crippen LogP) is 0.930. The van der Waals surface area contributed by atoms with Crippen LogP contribution in [-0.4, -0.2) is 60.0 Å². The first-order valence-electron chi connectivity index (χ1n) is 9.07. The van der Waals surface area contributed by atoms with Gasteiger partial charge in [-0.3, -0.25) is 9.69 Å². The number of aromatic nitrogens is 2. The smallest absolute Gasteiger partial charge is 0.225 e. The second-order valence-electron chi connectivity index (χ2n) is 6.43. The zero-order valence-corrected chi connectivity index (χ0v) is 15.0. The Labute approximate surface area is 154 Å². The van der Waals surface area contributed by atoms with Gasteiger partial charge in [0.1, 0.15) is 0 Å². The fourth-order valence-corrected chi connectivity index (χ4v) is 3.08. The number of nitrogen functional groups attached to an aromatic ring is 1. The summed E-state index contributed by atoms with van der Waals surface area (Å²) in [6.45, 7) is 5.26. The van der Waals surface area contributed by atoms with Crippen LogP contribution >= 0.6 is 0 Å². The highest BCUT2D eigenvalue weighted by Gasteiger charge is 2.18. The Morgan fingerprint density at radius 1 is 1.08 bits per heavy atom. The van der Waals surface area contributed by atoms with Gasteiger partial charge in [0.05, 0.1) is 0 Å². The molecule has 0 spiro atoms. The minimum Gasteiger partial charge on any atom is -0.399 e. The molecule has 7 heteroatoms. The van der Waals surface area contributed by atoms with Crippen LogP contribution in [0.25, 0.3) is 0 Å². The second kappa shape index (κ2) is 9.15. The fraction of sp³-hybridized carbons (Fsp3) is 0.421. The molecule has 0 unspecified atom stereocenters. The molecule has 1 aromatic carbocycles. The first-order valence-corrected chi connectivity index (χ1v) is 9.07. The topological polar surface area (TPSA) is 87.4 Å². The molecule has 138 valence electrons. The Hall–Kier alpha value is -2.67. The van der Waals surface area contributed by atoms with E-state index < -0.39 is 0 Å². The molecule has 0 bridgehead atoms. The van der Waals surface area contributed by atoms with E-state index in [0.29, 0.717) is 19.4 Å². The van der Waals surface area contributed by atoms with Crippen LogP contribution in [-0.2, 0) is 11.2 Å². The zero-order chi connectivity index (χ0) is 18.2. The number of aryl methyl sites for hydroxylation is 1. The number of nitrogens with two attached hydrogens (primary N) is 1. The van der Waals surface area contributed by atoms with Crippen molar-refractivity contribution >= 4 is 17.5 Å². The molecule has 0 aliphatic carbocycles. The summed E-state index contributed by atoms with van der Waals surface area (Å²) in [4.78, 5) is 25.2. The molecule has 2 aromatic rings. The molecule has 1 aromatic heterocycles. The van der Waals surface area contributed by atoms with Crippen LogP contribution in [0.4, 0.5) is 11.6 Å². The third kappa shape index (κ3) is 5.16. The van der Waals surface area contributed by atoms with Gasteiger partial charge >= 0.3 is 0 Å². The maximum absolute atomic E-state index is 12.0. The van der Waals surface area contributed by atoms with Crippen molar-refractivity contribution in [1.82, 2.24) is 20.2 Å². The Morgan fingerprint density at radius 3 is 2.54 bits per heavy atom. The molecule has 1 saturated heterocycles. The highest BCUT2D eigenvalue weighted by molar-refractivity contribution is 5.76.